The van der Waals surface area contributed by atoms with Gasteiger partial charge in [0, 0.05) is 24.5 Å². The van der Waals surface area contributed by atoms with Gasteiger partial charge in [-0.2, -0.15) is 0 Å². The Kier molecular flexibility index (Phi) is 11.1. The number of rotatable bonds is 14. The van der Waals surface area contributed by atoms with Crippen LogP contribution in [0.5, 0.6) is 0 Å². The van der Waals surface area contributed by atoms with Crippen LogP contribution in [0.3, 0.4) is 0 Å². The molecule has 2 rings (SSSR count). The summed E-state index contributed by atoms with van der Waals surface area (Å²) in [6.07, 6.45) is 6.40. The van der Waals surface area contributed by atoms with Crippen LogP contribution in [0, 0.1) is 0 Å². The van der Waals surface area contributed by atoms with Gasteiger partial charge >= 0.3 is 12.0 Å². The number of urea groups is 1. The first-order chi connectivity index (χ1) is 16.6. The molecular weight excluding hydrogens is 438 g/mol. The molecule has 2 aromatic carbocycles. The average molecular weight is 482 g/mol. The zero-order valence-electron chi connectivity index (χ0n) is 22.1. The molecule has 6 heteroatoms. The van der Waals surface area contributed by atoms with Crippen LogP contribution < -0.4 is 10.6 Å². The second-order valence-electron chi connectivity index (χ2n) is 10.1. The van der Waals surface area contributed by atoms with Gasteiger partial charge in [-0.15, -0.1) is 0 Å². The van der Waals surface area contributed by atoms with E-state index in [0.717, 1.165) is 29.8 Å². The number of carboxylic acid groups (broad SMARTS) is 1. The number of carboxylic acids is 1. The SMILES string of the molecule is CCCCCCCN(CCc1cccc(NC(C)(C)C(=O)O)c1)C(=O)Nc1ccc(C(C)C)cc1. The van der Waals surface area contributed by atoms with E-state index in [1.54, 1.807) is 13.8 Å². The lowest BCUT2D eigenvalue weighted by atomic mass is 10.0. The lowest BCUT2D eigenvalue weighted by molar-refractivity contribution is -0.141. The summed E-state index contributed by atoms with van der Waals surface area (Å²) in [7, 11) is 0. The number of carbonyl (C=O) groups is 2. The molecule has 2 amide bonds. The first kappa shape index (κ1) is 28.2. The van der Waals surface area contributed by atoms with Crippen LogP contribution >= 0.6 is 0 Å². The van der Waals surface area contributed by atoms with Gasteiger partial charge < -0.3 is 20.6 Å². The fourth-order valence-corrected chi connectivity index (χ4v) is 3.86. The first-order valence-corrected chi connectivity index (χ1v) is 12.9. The number of hydrogen-bond acceptors (Lipinski definition) is 3. The average Bonchev–Trinajstić information content (AvgIpc) is 2.81. The first-order valence-electron chi connectivity index (χ1n) is 12.9. The molecular formula is C29H43N3O3. The van der Waals surface area contributed by atoms with Crippen molar-refractivity contribution in [3.05, 3.63) is 59.7 Å². The van der Waals surface area contributed by atoms with E-state index >= 15 is 0 Å². The fourth-order valence-electron chi connectivity index (χ4n) is 3.86. The molecule has 35 heavy (non-hydrogen) atoms. The number of nitrogens with zero attached hydrogens (tertiary/aromatic N) is 1. The Morgan fingerprint density at radius 2 is 1.63 bits per heavy atom. The van der Waals surface area contributed by atoms with Crippen LogP contribution in [0.4, 0.5) is 16.2 Å². The van der Waals surface area contributed by atoms with Crippen molar-refractivity contribution in [2.24, 2.45) is 0 Å². The maximum Gasteiger partial charge on any atom is 0.328 e. The highest BCUT2D eigenvalue weighted by Crippen LogP contribution is 2.19. The zero-order chi connectivity index (χ0) is 25.8. The number of unbranched alkanes of at least 4 members (excludes halogenated alkanes) is 4. The number of benzene rings is 2. The van der Waals surface area contributed by atoms with E-state index in [-0.39, 0.29) is 6.03 Å². The number of hydrogen-bond donors (Lipinski definition) is 3. The van der Waals surface area contributed by atoms with Crippen molar-refractivity contribution < 1.29 is 14.7 Å². The third kappa shape index (κ3) is 9.63. The topological polar surface area (TPSA) is 81.7 Å². The summed E-state index contributed by atoms with van der Waals surface area (Å²) in [5.74, 6) is -0.457. The van der Waals surface area contributed by atoms with E-state index in [1.165, 1.54) is 24.8 Å². The molecule has 0 heterocycles. The normalized spacial score (nSPS) is 11.4. The fraction of sp³-hybridized carbons (Fsp3) is 0.517. The highest BCUT2D eigenvalue weighted by atomic mass is 16.4. The van der Waals surface area contributed by atoms with Crippen LogP contribution in [-0.4, -0.2) is 40.6 Å². The summed E-state index contributed by atoms with van der Waals surface area (Å²) in [4.78, 5) is 26.5. The summed E-state index contributed by atoms with van der Waals surface area (Å²) in [5.41, 5.74) is 2.80. The van der Waals surface area contributed by atoms with Gasteiger partial charge in [-0.25, -0.2) is 9.59 Å². The van der Waals surface area contributed by atoms with Crippen LogP contribution in [0.1, 0.15) is 83.8 Å². The van der Waals surface area contributed by atoms with Gasteiger partial charge in [0.1, 0.15) is 5.54 Å². The number of anilines is 2. The molecule has 0 atom stereocenters. The Labute approximate surface area is 211 Å². The Morgan fingerprint density at radius 1 is 0.943 bits per heavy atom. The van der Waals surface area contributed by atoms with Gasteiger partial charge in [0.05, 0.1) is 0 Å². The van der Waals surface area contributed by atoms with Crippen molar-refractivity contribution in [1.29, 1.82) is 0 Å². The molecule has 0 saturated heterocycles. The standard InChI is InChI=1S/C29H43N3O3/c1-6-7-8-9-10-19-32(28(35)30-25-16-14-24(15-17-25)22(2)3)20-18-23-12-11-13-26(21-23)31-29(4,5)27(33)34/h11-17,21-22,31H,6-10,18-20H2,1-5H3,(H,30,35)(H,33,34). The molecule has 192 valence electrons. The molecule has 0 bridgehead atoms. The highest BCUT2D eigenvalue weighted by molar-refractivity contribution is 5.89. The van der Waals surface area contributed by atoms with Crippen LogP contribution in [0.25, 0.3) is 0 Å². The van der Waals surface area contributed by atoms with Gasteiger partial charge in [-0.3, -0.25) is 0 Å². The molecule has 0 unspecified atom stereocenters. The molecule has 0 radical (unpaired) electrons. The van der Waals surface area contributed by atoms with E-state index in [2.05, 4.69) is 43.5 Å². The number of amides is 2. The van der Waals surface area contributed by atoms with E-state index in [9.17, 15) is 14.7 Å². The third-order valence-electron chi connectivity index (χ3n) is 6.24. The molecule has 0 aliphatic rings. The smallest absolute Gasteiger partial charge is 0.328 e. The lowest BCUT2D eigenvalue weighted by Gasteiger charge is -2.24. The predicted molar refractivity (Wildman–Crippen MR) is 145 cm³/mol. The van der Waals surface area contributed by atoms with Crippen molar-refractivity contribution in [2.75, 3.05) is 23.7 Å². The summed E-state index contributed by atoms with van der Waals surface area (Å²) in [6, 6.07) is 15.7. The quantitative estimate of drug-likeness (QED) is 0.251. The van der Waals surface area contributed by atoms with Gasteiger partial charge in [-0.1, -0.05) is 70.7 Å². The van der Waals surface area contributed by atoms with E-state index in [0.29, 0.717) is 25.4 Å². The number of aliphatic carboxylic acids is 1. The Bertz CT molecular complexity index is 938. The lowest BCUT2D eigenvalue weighted by Crippen LogP contribution is -2.40. The number of nitrogens with one attached hydrogen (secondary N) is 2. The molecule has 0 aliphatic heterocycles. The van der Waals surface area contributed by atoms with Crippen molar-refractivity contribution in [3.8, 4) is 0 Å². The molecule has 0 fully saturated rings. The third-order valence-corrected chi connectivity index (χ3v) is 6.24. The minimum absolute atomic E-state index is 0.0842. The Morgan fingerprint density at radius 3 is 2.26 bits per heavy atom. The minimum Gasteiger partial charge on any atom is -0.480 e. The summed E-state index contributed by atoms with van der Waals surface area (Å²) < 4.78 is 0. The molecule has 3 N–H and O–H groups in total. The van der Waals surface area contributed by atoms with E-state index < -0.39 is 11.5 Å². The molecule has 0 aliphatic carbocycles. The van der Waals surface area contributed by atoms with Crippen LogP contribution in [-0.2, 0) is 11.2 Å². The molecule has 0 aromatic heterocycles. The van der Waals surface area contributed by atoms with E-state index in [1.807, 2.05) is 41.3 Å². The second kappa shape index (κ2) is 13.8. The zero-order valence-corrected chi connectivity index (χ0v) is 22.1. The van der Waals surface area contributed by atoms with Gasteiger partial charge in [-0.05, 0) is 68.0 Å². The van der Waals surface area contributed by atoms with Crippen molar-refractivity contribution >= 4 is 23.4 Å². The Balaban J connectivity index is 2.04. The van der Waals surface area contributed by atoms with Crippen molar-refractivity contribution in [1.82, 2.24) is 4.90 Å². The van der Waals surface area contributed by atoms with Crippen molar-refractivity contribution in [3.63, 3.8) is 0 Å². The van der Waals surface area contributed by atoms with Gasteiger partial charge in [0.2, 0.25) is 0 Å². The second-order valence-corrected chi connectivity index (χ2v) is 10.1. The summed E-state index contributed by atoms with van der Waals surface area (Å²) in [5, 5.41) is 15.5. The molecule has 0 spiro atoms. The minimum atomic E-state index is -1.06. The molecule has 6 nitrogen and oxygen atoms in total. The van der Waals surface area contributed by atoms with Gasteiger partial charge in [0.15, 0.2) is 0 Å². The van der Waals surface area contributed by atoms with E-state index in [4.69, 9.17) is 0 Å². The van der Waals surface area contributed by atoms with Gasteiger partial charge in [0.25, 0.3) is 0 Å². The molecule has 0 saturated carbocycles. The summed E-state index contributed by atoms with van der Waals surface area (Å²) in [6.45, 7) is 11.1. The summed E-state index contributed by atoms with van der Waals surface area (Å²) >= 11 is 0. The largest absolute Gasteiger partial charge is 0.480 e. The monoisotopic (exact) mass is 481 g/mol. The van der Waals surface area contributed by atoms with Crippen LogP contribution in [0.2, 0.25) is 0 Å². The maximum absolute atomic E-state index is 13.1. The maximum atomic E-state index is 13.1. The Hall–Kier alpha value is -3.02. The van der Waals surface area contributed by atoms with Crippen molar-refractivity contribution in [2.45, 2.75) is 84.6 Å². The highest BCUT2D eigenvalue weighted by Gasteiger charge is 2.26. The van der Waals surface area contributed by atoms with Crippen LogP contribution in [0.15, 0.2) is 48.5 Å². The predicted octanol–water partition coefficient (Wildman–Crippen LogP) is 7.13. The molecule has 2 aromatic rings. The number of carbonyl (C=O) groups excluding carboxylic acids is 1.